The van der Waals surface area contributed by atoms with Gasteiger partial charge in [-0.05, 0) is 36.1 Å². The van der Waals surface area contributed by atoms with Gasteiger partial charge in [0.1, 0.15) is 5.75 Å². The Bertz CT molecular complexity index is 584. The third kappa shape index (κ3) is 3.52. The number of hydrogen-bond donors (Lipinski definition) is 2. The SMILES string of the molecule is CCCC(NC(=O)c1ccc(Cl)cc1O)c1cccs1. The minimum atomic E-state index is -0.286. The van der Waals surface area contributed by atoms with E-state index in [2.05, 4.69) is 12.2 Å². The minimum Gasteiger partial charge on any atom is -0.507 e. The van der Waals surface area contributed by atoms with E-state index in [0.29, 0.717) is 5.02 Å². The maximum absolute atomic E-state index is 12.2. The van der Waals surface area contributed by atoms with E-state index in [1.165, 1.54) is 12.1 Å². The van der Waals surface area contributed by atoms with Crippen molar-refractivity contribution in [2.75, 3.05) is 0 Å². The second-order valence-corrected chi connectivity index (χ2v) is 5.91. The van der Waals surface area contributed by atoms with Crippen molar-refractivity contribution in [3.8, 4) is 5.75 Å². The second-order valence-electron chi connectivity index (χ2n) is 4.49. The monoisotopic (exact) mass is 309 g/mol. The van der Waals surface area contributed by atoms with Crippen molar-refractivity contribution in [2.45, 2.75) is 25.8 Å². The van der Waals surface area contributed by atoms with E-state index in [-0.39, 0.29) is 23.3 Å². The molecule has 1 aromatic carbocycles. The van der Waals surface area contributed by atoms with Crippen LogP contribution in [-0.4, -0.2) is 11.0 Å². The Hall–Kier alpha value is -1.52. The zero-order valence-corrected chi connectivity index (χ0v) is 12.7. The number of benzene rings is 1. The standard InChI is InChI=1S/C15H16ClNO2S/c1-2-4-12(14-5-3-8-20-14)17-15(19)11-7-6-10(16)9-13(11)18/h3,5-9,12,18H,2,4H2,1H3,(H,17,19). The van der Waals surface area contributed by atoms with Gasteiger partial charge in [0.15, 0.2) is 0 Å². The number of thiophene rings is 1. The summed E-state index contributed by atoms with van der Waals surface area (Å²) < 4.78 is 0. The number of halogens is 1. The molecule has 0 spiro atoms. The van der Waals surface area contributed by atoms with Crippen molar-refractivity contribution < 1.29 is 9.90 Å². The predicted molar refractivity (Wildman–Crippen MR) is 82.6 cm³/mol. The molecule has 2 N–H and O–H groups in total. The number of carbonyl (C=O) groups excluding carboxylic acids is 1. The van der Waals surface area contributed by atoms with Crippen LogP contribution in [-0.2, 0) is 0 Å². The van der Waals surface area contributed by atoms with Gasteiger partial charge in [0.25, 0.3) is 5.91 Å². The summed E-state index contributed by atoms with van der Waals surface area (Å²) in [7, 11) is 0. The van der Waals surface area contributed by atoms with Gasteiger partial charge in [-0.15, -0.1) is 11.3 Å². The van der Waals surface area contributed by atoms with E-state index < -0.39 is 0 Å². The first-order chi connectivity index (χ1) is 9.61. The van der Waals surface area contributed by atoms with E-state index >= 15 is 0 Å². The minimum absolute atomic E-state index is 0.0254. The van der Waals surface area contributed by atoms with E-state index in [4.69, 9.17) is 11.6 Å². The summed E-state index contributed by atoms with van der Waals surface area (Å²) in [5.74, 6) is -0.387. The van der Waals surface area contributed by atoms with Crippen molar-refractivity contribution >= 4 is 28.8 Å². The zero-order chi connectivity index (χ0) is 14.5. The molecule has 0 saturated carbocycles. The highest BCUT2D eigenvalue weighted by Gasteiger charge is 2.18. The lowest BCUT2D eigenvalue weighted by atomic mass is 10.1. The Balaban J connectivity index is 2.16. The first kappa shape index (κ1) is 14.9. The maximum Gasteiger partial charge on any atom is 0.255 e. The maximum atomic E-state index is 12.2. The van der Waals surface area contributed by atoms with E-state index in [1.807, 2.05) is 17.5 Å². The van der Waals surface area contributed by atoms with Crippen LogP contribution in [0.3, 0.4) is 0 Å². The molecule has 0 radical (unpaired) electrons. The Kier molecular flexibility index (Phi) is 5.04. The summed E-state index contributed by atoms with van der Waals surface area (Å²) in [6, 6.07) is 8.45. The molecule has 0 bridgehead atoms. The highest BCUT2D eigenvalue weighted by atomic mass is 35.5. The molecular weight excluding hydrogens is 294 g/mol. The largest absolute Gasteiger partial charge is 0.507 e. The van der Waals surface area contributed by atoms with E-state index in [0.717, 1.165) is 17.7 Å². The van der Waals surface area contributed by atoms with Crippen LogP contribution in [0.2, 0.25) is 5.02 Å². The Morgan fingerprint density at radius 3 is 2.85 bits per heavy atom. The summed E-state index contributed by atoms with van der Waals surface area (Å²) in [6.45, 7) is 2.08. The van der Waals surface area contributed by atoms with Crippen LogP contribution >= 0.6 is 22.9 Å². The van der Waals surface area contributed by atoms with Gasteiger partial charge < -0.3 is 10.4 Å². The number of rotatable bonds is 5. The molecule has 106 valence electrons. The summed E-state index contributed by atoms with van der Waals surface area (Å²) >= 11 is 7.38. The fraction of sp³-hybridized carbons (Fsp3) is 0.267. The molecule has 0 aliphatic carbocycles. The Morgan fingerprint density at radius 2 is 2.25 bits per heavy atom. The Labute approximate surface area is 127 Å². The molecule has 0 fully saturated rings. The van der Waals surface area contributed by atoms with Crippen LogP contribution in [0.15, 0.2) is 35.7 Å². The zero-order valence-electron chi connectivity index (χ0n) is 11.1. The molecule has 3 nitrogen and oxygen atoms in total. The van der Waals surface area contributed by atoms with Crippen LogP contribution in [0.25, 0.3) is 0 Å². The molecule has 2 aromatic rings. The van der Waals surface area contributed by atoms with Crippen LogP contribution in [0.1, 0.15) is 41.0 Å². The van der Waals surface area contributed by atoms with Gasteiger partial charge in [-0.2, -0.15) is 0 Å². The number of phenols is 1. The summed E-state index contributed by atoms with van der Waals surface area (Å²) in [5.41, 5.74) is 0.243. The lowest BCUT2D eigenvalue weighted by Crippen LogP contribution is -2.28. The van der Waals surface area contributed by atoms with Crippen molar-refractivity contribution in [2.24, 2.45) is 0 Å². The van der Waals surface area contributed by atoms with Crippen LogP contribution in [0.5, 0.6) is 5.75 Å². The van der Waals surface area contributed by atoms with Crippen LogP contribution in [0.4, 0.5) is 0 Å². The molecule has 5 heteroatoms. The van der Waals surface area contributed by atoms with E-state index in [1.54, 1.807) is 17.4 Å². The number of nitrogens with one attached hydrogen (secondary N) is 1. The first-order valence-electron chi connectivity index (χ1n) is 6.44. The number of carbonyl (C=O) groups is 1. The Morgan fingerprint density at radius 1 is 1.45 bits per heavy atom. The highest BCUT2D eigenvalue weighted by molar-refractivity contribution is 7.10. The molecule has 2 rings (SSSR count). The molecule has 1 atom stereocenters. The van der Waals surface area contributed by atoms with Gasteiger partial charge in [-0.1, -0.05) is 31.0 Å². The van der Waals surface area contributed by atoms with Gasteiger partial charge in [0.2, 0.25) is 0 Å². The number of hydrogen-bond acceptors (Lipinski definition) is 3. The highest BCUT2D eigenvalue weighted by Crippen LogP contribution is 2.26. The summed E-state index contributed by atoms with van der Waals surface area (Å²) in [5, 5.41) is 15.2. The number of phenolic OH excluding ortho intramolecular Hbond substituents is 1. The van der Waals surface area contributed by atoms with Gasteiger partial charge in [0.05, 0.1) is 11.6 Å². The number of amides is 1. The van der Waals surface area contributed by atoms with Crippen molar-refractivity contribution in [1.29, 1.82) is 0 Å². The summed E-state index contributed by atoms with van der Waals surface area (Å²) in [6.07, 6.45) is 1.83. The fourth-order valence-electron chi connectivity index (χ4n) is 2.00. The van der Waals surface area contributed by atoms with Crippen molar-refractivity contribution in [1.82, 2.24) is 5.32 Å². The molecule has 0 saturated heterocycles. The molecule has 1 heterocycles. The average Bonchev–Trinajstić information content (AvgIpc) is 2.91. The van der Waals surface area contributed by atoms with Gasteiger partial charge in [-0.25, -0.2) is 0 Å². The normalized spacial score (nSPS) is 12.1. The van der Waals surface area contributed by atoms with E-state index in [9.17, 15) is 9.90 Å². The molecule has 1 unspecified atom stereocenters. The summed E-state index contributed by atoms with van der Waals surface area (Å²) in [4.78, 5) is 13.4. The van der Waals surface area contributed by atoms with Crippen LogP contribution in [0, 0.1) is 0 Å². The van der Waals surface area contributed by atoms with Gasteiger partial charge in [-0.3, -0.25) is 4.79 Å². The molecule has 20 heavy (non-hydrogen) atoms. The average molecular weight is 310 g/mol. The third-order valence-corrected chi connectivity index (χ3v) is 4.19. The number of aromatic hydroxyl groups is 1. The fourth-order valence-corrected chi connectivity index (χ4v) is 2.98. The first-order valence-corrected chi connectivity index (χ1v) is 7.70. The smallest absolute Gasteiger partial charge is 0.255 e. The van der Waals surface area contributed by atoms with Crippen LogP contribution < -0.4 is 5.32 Å². The lowest BCUT2D eigenvalue weighted by Gasteiger charge is -2.17. The molecule has 0 aliphatic heterocycles. The predicted octanol–water partition coefficient (Wildman–Crippen LogP) is 4.38. The lowest BCUT2D eigenvalue weighted by molar-refractivity contribution is 0.0932. The molecular formula is C15H16ClNO2S. The third-order valence-electron chi connectivity index (χ3n) is 2.97. The molecule has 1 aromatic heterocycles. The van der Waals surface area contributed by atoms with Crippen molar-refractivity contribution in [3.63, 3.8) is 0 Å². The van der Waals surface area contributed by atoms with Gasteiger partial charge >= 0.3 is 0 Å². The topological polar surface area (TPSA) is 49.3 Å². The molecule has 0 aliphatic rings. The van der Waals surface area contributed by atoms with Crippen molar-refractivity contribution in [3.05, 3.63) is 51.2 Å². The second kappa shape index (κ2) is 6.77. The molecule has 1 amide bonds. The quantitative estimate of drug-likeness (QED) is 0.861. The van der Waals surface area contributed by atoms with Gasteiger partial charge in [0, 0.05) is 9.90 Å².